The van der Waals surface area contributed by atoms with E-state index in [1.807, 2.05) is 24.3 Å². The van der Waals surface area contributed by atoms with Gasteiger partial charge in [-0.2, -0.15) is 0 Å². The lowest BCUT2D eigenvalue weighted by Gasteiger charge is -2.08. The number of benzene rings is 1. The number of carbonyl (C=O) groups is 3. The first-order valence-corrected chi connectivity index (χ1v) is 8.06. The van der Waals surface area contributed by atoms with E-state index in [9.17, 15) is 14.4 Å². The molecule has 4 N–H and O–H groups in total. The normalized spacial score (nSPS) is 11.3. The number of carbonyl (C=O) groups excluding carboxylic acids is 3. The highest BCUT2D eigenvalue weighted by molar-refractivity contribution is 6.02. The van der Waals surface area contributed by atoms with E-state index in [1.54, 1.807) is 19.1 Å². The largest absolute Gasteiger partial charge is 0.461 e. The fraction of sp³-hybridized carbons (Fsp3) is 0.278. The number of para-hydroxylation sites is 1. The van der Waals surface area contributed by atoms with Gasteiger partial charge in [-0.15, -0.1) is 0 Å². The predicted octanol–water partition coefficient (Wildman–Crippen LogP) is 2.00. The van der Waals surface area contributed by atoms with E-state index >= 15 is 0 Å². The fourth-order valence-corrected chi connectivity index (χ4v) is 2.30. The number of ether oxygens (including phenoxy) is 1. The van der Waals surface area contributed by atoms with E-state index < -0.39 is 17.8 Å². The molecule has 0 radical (unpaired) electrons. The van der Waals surface area contributed by atoms with Crippen LogP contribution in [0.25, 0.3) is 10.9 Å². The molecule has 25 heavy (non-hydrogen) atoms. The Bertz CT molecular complexity index is 775. The first kappa shape index (κ1) is 18.3. The third-order valence-corrected chi connectivity index (χ3v) is 3.49. The van der Waals surface area contributed by atoms with Crippen LogP contribution in [0.5, 0.6) is 0 Å². The first-order valence-electron chi connectivity index (χ1n) is 8.06. The number of esters is 1. The summed E-state index contributed by atoms with van der Waals surface area (Å²) < 4.78 is 4.95. The molecular weight excluding hydrogens is 322 g/mol. The molecule has 0 spiro atoms. The summed E-state index contributed by atoms with van der Waals surface area (Å²) in [5, 5.41) is 3.47. The van der Waals surface area contributed by atoms with Crippen LogP contribution in [0.1, 0.15) is 36.7 Å². The summed E-state index contributed by atoms with van der Waals surface area (Å²) in [6.45, 7) is 1.88. The number of hydrogen-bond donors (Lipinski definition) is 3. The molecule has 0 unspecified atom stereocenters. The van der Waals surface area contributed by atoms with Gasteiger partial charge < -0.3 is 20.8 Å². The highest BCUT2D eigenvalue weighted by Crippen LogP contribution is 2.15. The molecule has 0 saturated carbocycles. The molecule has 0 saturated heterocycles. The van der Waals surface area contributed by atoms with E-state index in [4.69, 9.17) is 10.5 Å². The van der Waals surface area contributed by atoms with Crippen LogP contribution >= 0.6 is 0 Å². The van der Waals surface area contributed by atoms with Gasteiger partial charge in [0.1, 0.15) is 11.4 Å². The SMILES string of the molecule is CCOC(=O)C(=CCCCC(N)=O)NC(=O)c1cc2ccccc2[nH]1. The highest BCUT2D eigenvalue weighted by atomic mass is 16.5. The average Bonchev–Trinajstić information content (AvgIpc) is 3.01. The maximum Gasteiger partial charge on any atom is 0.354 e. The summed E-state index contributed by atoms with van der Waals surface area (Å²) >= 11 is 0. The zero-order valence-electron chi connectivity index (χ0n) is 14.0. The number of primary amides is 1. The number of amides is 2. The lowest BCUT2D eigenvalue weighted by molar-refractivity contribution is -0.138. The Morgan fingerprint density at radius 1 is 1.28 bits per heavy atom. The van der Waals surface area contributed by atoms with E-state index in [1.165, 1.54) is 0 Å². The Kier molecular flexibility index (Phi) is 6.33. The van der Waals surface area contributed by atoms with Crippen molar-refractivity contribution >= 4 is 28.7 Å². The molecule has 0 bridgehead atoms. The zero-order chi connectivity index (χ0) is 18.2. The molecular formula is C18H21N3O4. The molecule has 132 valence electrons. The van der Waals surface area contributed by atoms with E-state index in [-0.39, 0.29) is 18.7 Å². The molecule has 0 aliphatic carbocycles. The number of fused-ring (bicyclic) bond motifs is 1. The van der Waals surface area contributed by atoms with Crippen LogP contribution in [0.4, 0.5) is 0 Å². The molecule has 1 aromatic carbocycles. The van der Waals surface area contributed by atoms with Crippen LogP contribution in [-0.2, 0) is 14.3 Å². The van der Waals surface area contributed by atoms with E-state index in [0.29, 0.717) is 18.5 Å². The number of H-pyrrole nitrogens is 1. The van der Waals surface area contributed by atoms with Crippen molar-refractivity contribution in [2.24, 2.45) is 5.73 Å². The Morgan fingerprint density at radius 3 is 2.72 bits per heavy atom. The van der Waals surface area contributed by atoms with Crippen LogP contribution in [0.3, 0.4) is 0 Å². The number of aromatic amines is 1. The molecule has 2 amide bonds. The standard InChI is InChI=1S/C18H21N3O4/c1-2-25-18(24)14(9-5-6-10-16(19)22)21-17(23)15-11-12-7-3-4-8-13(12)20-15/h3-4,7-9,11,20H,2,5-6,10H2,1H3,(H2,19,22)(H,21,23). The topological polar surface area (TPSA) is 114 Å². The third-order valence-electron chi connectivity index (χ3n) is 3.49. The van der Waals surface area contributed by atoms with Crippen LogP contribution < -0.4 is 11.1 Å². The van der Waals surface area contributed by atoms with Crippen molar-refractivity contribution in [3.63, 3.8) is 0 Å². The lowest BCUT2D eigenvalue weighted by atomic mass is 10.2. The van der Waals surface area contributed by atoms with Crippen molar-refractivity contribution in [3.8, 4) is 0 Å². The molecule has 0 fully saturated rings. The van der Waals surface area contributed by atoms with Crippen molar-refractivity contribution in [2.75, 3.05) is 6.61 Å². The van der Waals surface area contributed by atoms with Crippen molar-refractivity contribution in [2.45, 2.75) is 26.2 Å². The quantitative estimate of drug-likeness (QED) is 0.386. The highest BCUT2D eigenvalue weighted by Gasteiger charge is 2.16. The number of nitrogens with one attached hydrogen (secondary N) is 2. The minimum absolute atomic E-state index is 0.0509. The number of allylic oxidation sites excluding steroid dienone is 1. The van der Waals surface area contributed by atoms with Crippen LogP contribution in [0.15, 0.2) is 42.1 Å². The monoisotopic (exact) mass is 343 g/mol. The second kappa shape index (κ2) is 8.68. The van der Waals surface area contributed by atoms with Gasteiger partial charge >= 0.3 is 5.97 Å². The zero-order valence-corrected chi connectivity index (χ0v) is 14.0. The second-order valence-corrected chi connectivity index (χ2v) is 5.42. The van der Waals surface area contributed by atoms with Crippen LogP contribution in [-0.4, -0.2) is 29.4 Å². The van der Waals surface area contributed by atoms with Crippen LogP contribution in [0.2, 0.25) is 0 Å². The Balaban J connectivity index is 2.10. The summed E-state index contributed by atoms with van der Waals surface area (Å²) in [6.07, 6.45) is 2.66. The maximum absolute atomic E-state index is 12.4. The summed E-state index contributed by atoms with van der Waals surface area (Å²) in [5.41, 5.74) is 6.31. The number of hydrogen-bond acceptors (Lipinski definition) is 4. The predicted molar refractivity (Wildman–Crippen MR) is 93.5 cm³/mol. The van der Waals surface area contributed by atoms with E-state index in [0.717, 1.165) is 10.9 Å². The average molecular weight is 343 g/mol. The molecule has 2 aromatic rings. The number of nitrogens with two attached hydrogens (primary N) is 1. The molecule has 7 heteroatoms. The summed E-state index contributed by atoms with van der Waals surface area (Å²) in [4.78, 5) is 38.2. The molecule has 0 atom stereocenters. The number of unbranched alkanes of at least 4 members (excludes halogenated alkanes) is 1. The van der Waals surface area contributed by atoms with Crippen molar-refractivity contribution in [1.29, 1.82) is 0 Å². The van der Waals surface area contributed by atoms with Gasteiger partial charge in [0, 0.05) is 17.3 Å². The molecule has 0 aliphatic heterocycles. The maximum atomic E-state index is 12.4. The summed E-state index contributed by atoms with van der Waals surface area (Å²) in [7, 11) is 0. The Morgan fingerprint density at radius 2 is 2.04 bits per heavy atom. The van der Waals surface area contributed by atoms with Crippen molar-refractivity contribution in [3.05, 3.63) is 47.8 Å². The molecule has 2 rings (SSSR count). The smallest absolute Gasteiger partial charge is 0.354 e. The number of aromatic nitrogens is 1. The minimum atomic E-state index is -0.619. The fourth-order valence-electron chi connectivity index (χ4n) is 2.30. The van der Waals surface area contributed by atoms with Gasteiger partial charge in [0.2, 0.25) is 5.91 Å². The van der Waals surface area contributed by atoms with Gasteiger partial charge in [-0.1, -0.05) is 24.3 Å². The molecule has 1 heterocycles. The summed E-state index contributed by atoms with van der Waals surface area (Å²) in [5.74, 6) is -1.47. The van der Waals surface area contributed by atoms with Gasteiger partial charge in [-0.25, -0.2) is 4.79 Å². The minimum Gasteiger partial charge on any atom is -0.461 e. The van der Waals surface area contributed by atoms with Gasteiger partial charge in [-0.05, 0) is 31.9 Å². The Labute approximate surface area is 145 Å². The summed E-state index contributed by atoms with van der Waals surface area (Å²) in [6, 6.07) is 9.19. The lowest BCUT2D eigenvalue weighted by Crippen LogP contribution is -2.29. The van der Waals surface area contributed by atoms with Crippen molar-refractivity contribution in [1.82, 2.24) is 10.3 Å². The van der Waals surface area contributed by atoms with Gasteiger partial charge in [0.05, 0.1) is 6.61 Å². The molecule has 7 nitrogen and oxygen atoms in total. The Hall–Kier alpha value is -3.09. The molecule has 0 aliphatic rings. The first-order chi connectivity index (χ1) is 12.0. The third kappa shape index (κ3) is 5.20. The van der Waals surface area contributed by atoms with Gasteiger partial charge in [-0.3, -0.25) is 9.59 Å². The van der Waals surface area contributed by atoms with Gasteiger partial charge in [0.25, 0.3) is 5.91 Å². The van der Waals surface area contributed by atoms with Crippen molar-refractivity contribution < 1.29 is 19.1 Å². The molecule has 1 aromatic heterocycles. The van der Waals surface area contributed by atoms with Gasteiger partial charge in [0.15, 0.2) is 0 Å². The van der Waals surface area contributed by atoms with Crippen LogP contribution in [0, 0.1) is 0 Å². The number of rotatable bonds is 8. The second-order valence-electron chi connectivity index (χ2n) is 5.42. The van der Waals surface area contributed by atoms with E-state index in [2.05, 4.69) is 10.3 Å².